The summed E-state index contributed by atoms with van der Waals surface area (Å²) in [7, 11) is 0. The molecule has 0 aliphatic carbocycles. The summed E-state index contributed by atoms with van der Waals surface area (Å²) in [5.74, 6) is -0.324. The lowest BCUT2D eigenvalue weighted by Gasteiger charge is -2.16. The van der Waals surface area contributed by atoms with E-state index < -0.39 is 5.25 Å². The molecule has 7 nitrogen and oxygen atoms in total. The summed E-state index contributed by atoms with van der Waals surface area (Å²) in [6.45, 7) is 5.68. The molecule has 3 rings (SSSR count). The lowest BCUT2D eigenvalue weighted by molar-refractivity contribution is -0.118. The van der Waals surface area contributed by atoms with Gasteiger partial charge in [0.2, 0.25) is 5.91 Å². The summed E-state index contributed by atoms with van der Waals surface area (Å²) in [5, 5.41) is 12.5. The number of anilines is 1. The zero-order valence-electron chi connectivity index (χ0n) is 18.4. The van der Waals surface area contributed by atoms with Gasteiger partial charge in [-0.2, -0.15) is 0 Å². The quantitative estimate of drug-likeness (QED) is 0.291. The third-order valence-corrected chi connectivity index (χ3v) is 6.07. The fourth-order valence-electron chi connectivity index (χ4n) is 3.11. The number of Topliss-reactive ketones (excluding diaryl/α,β-unsaturated/α-hetero) is 1. The van der Waals surface area contributed by atoms with E-state index in [0.717, 1.165) is 0 Å². The molecule has 1 atom stereocenters. The van der Waals surface area contributed by atoms with Crippen LogP contribution < -0.4 is 10.9 Å². The first-order valence-corrected chi connectivity index (χ1v) is 11.4. The second kappa shape index (κ2) is 10.6. The number of hydrogen-bond acceptors (Lipinski definition) is 6. The van der Waals surface area contributed by atoms with Gasteiger partial charge in [0, 0.05) is 30.3 Å². The van der Waals surface area contributed by atoms with E-state index in [4.69, 9.17) is 0 Å². The molecule has 0 saturated carbocycles. The number of ketones is 1. The number of aromatic nitrogens is 2. The number of amides is 1. The molecule has 168 valence electrons. The smallest absolute Gasteiger partial charge is 0.262 e. The van der Waals surface area contributed by atoms with Crippen LogP contribution in [-0.2, 0) is 11.3 Å². The summed E-state index contributed by atoms with van der Waals surface area (Å²) in [4.78, 5) is 42.4. The number of aliphatic hydroxyl groups is 1. The molecule has 3 aromatic rings. The molecule has 0 saturated heterocycles. The van der Waals surface area contributed by atoms with Gasteiger partial charge in [0.05, 0.1) is 16.2 Å². The minimum absolute atomic E-state index is 0.0441. The highest BCUT2D eigenvalue weighted by atomic mass is 32.2. The van der Waals surface area contributed by atoms with Crippen LogP contribution in [-0.4, -0.2) is 38.2 Å². The fourth-order valence-corrected chi connectivity index (χ4v) is 4.13. The Morgan fingerprint density at radius 1 is 1.09 bits per heavy atom. The minimum atomic E-state index is -0.487. The second-order valence-corrected chi connectivity index (χ2v) is 9.10. The number of para-hydroxylation sites is 1. The van der Waals surface area contributed by atoms with Gasteiger partial charge in [0.25, 0.3) is 5.56 Å². The predicted octanol–water partition coefficient (Wildman–Crippen LogP) is 3.74. The predicted molar refractivity (Wildman–Crippen MR) is 127 cm³/mol. The van der Waals surface area contributed by atoms with Crippen molar-refractivity contribution in [2.45, 2.75) is 44.1 Å². The summed E-state index contributed by atoms with van der Waals surface area (Å²) >= 11 is 1.22. The molecule has 1 amide bonds. The van der Waals surface area contributed by atoms with Crippen LogP contribution in [0.5, 0.6) is 0 Å². The number of nitrogens with one attached hydrogen (secondary N) is 1. The maximum Gasteiger partial charge on any atom is 0.262 e. The standard InChI is InChI=1S/C24H27N3O4S/c1-15(2)22(30)25-18-11-9-17(10-12-18)21(29)16(3)32-24-26-20-8-5-4-7-19(20)23(31)27(24)13-6-14-28/h4-5,7-12,15-16,28H,6,13-14H2,1-3H3,(H,25,30)/t16-/m0/s1. The van der Waals surface area contributed by atoms with Gasteiger partial charge < -0.3 is 10.4 Å². The summed E-state index contributed by atoms with van der Waals surface area (Å²) in [5.41, 5.74) is 1.54. The Hall–Kier alpha value is -2.97. The molecule has 0 aliphatic heterocycles. The van der Waals surface area contributed by atoms with Crippen LogP contribution in [0.4, 0.5) is 5.69 Å². The van der Waals surface area contributed by atoms with E-state index in [1.54, 1.807) is 49.4 Å². The summed E-state index contributed by atoms with van der Waals surface area (Å²) < 4.78 is 1.53. The van der Waals surface area contributed by atoms with Crippen molar-refractivity contribution in [3.63, 3.8) is 0 Å². The van der Waals surface area contributed by atoms with Gasteiger partial charge in [-0.05, 0) is 49.7 Å². The van der Waals surface area contributed by atoms with Crippen LogP contribution in [0, 0.1) is 5.92 Å². The number of nitrogens with zero attached hydrogens (tertiary/aromatic N) is 2. The van der Waals surface area contributed by atoms with Gasteiger partial charge in [-0.3, -0.25) is 19.0 Å². The molecule has 0 bridgehead atoms. The highest BCUT2D eigenvalue weighted by molar-refractivity contribution is 8.00. The highest BCUT2D eigenvalue weighted by Gasteiger charge is 2.21. The van der Waals surface area contributed by atoms with Crippen LogP contribution in [0.25, 0.3) is 10.9 Å². The Bertz CT molecular complexity index is 1170. The minimum Gasteiger partial charge on any atom is -0.396 e. The van der Waals surface area contributed by atoms with Crippen molar-refractivity contribution in [1.29, 1.82) is 0 Å². The van der Waals surface area contributed by atoms with Crippen molar-refractivity contribution in [1.82, 2.24) is 9.55 Å². The van der Waals surface area contributed by atoms with E-state index in [0.29, 0.717) is 40.3 Å². The van der Waals surface area contributed by atoms with E-state index in [1.807, 2.05) is 19.9 Å². The van der Waals surface area contributed by atoms with Crippen LogP contribution in [0.2, 0.25) is 0 Å². The molecule has 0 aliphatic rings. The van der Waals surface area contributed by atoms with Crippen LogP contribution in [0.15, 0.2) is 58.5 Å². The van der Waals surface area contributed by atoms with Gasteiger partial charge in [-0.1, -0.05) is 37.7 Å². The molecular formula is C24H27N3O4S. The van der Waals surface area contributed by atoms with E-state index in [9.17, 15) is 19.5 Å². The van der Waals surface area contributed by atoms with Crippen molar-refractivity contribution in [3.05, 3.63) is 64.4 Å². The second-order valence-electron chi connectivity index (χ2n) is 7.79. The first kappa shape index (κ1) is 23.7. The average Bonchev–Trinajstić information content (AvgIpc) is 2.78. The largest absolute Gasteiger partial charge is 0.396 e. The Labute approximate surface area is 190 Å². The zero-order chi connectivity index (χ0) is 23.3. The maximum absolute atomic E-state index is 13.0. The summed E-state index contributed by atoms with van der Waals surface area (Å²) in [6, 6.07) is 13.9. The molecule has 2 aromatic carbocycles. The van der Waals surface area contributed by atoms with Crippen LogP contribution in [0.1, 0.15) is 37.6 Å². The number of benzene rings is 2. The van der Waals surface area contributed by atoms with Crippen molar-refractivity contribution < 1.29 is 14.7 Å². The van der Waals surface area contributed by atoms with Gasteiger partial charge in [0.1, 0.15) is 0 Å². The number of rotatable bonds is 9. The zero-order valence-corrected chi connectivity index (χ0v) is 19.2. The Kier molecular flexibility index (Phi) is 7.82. The number of hydrogen-bond donors (Lipinski definition) is 2. The van der Waals surface area contributed by atoms with Crippen molar-refractivity contribution in [3.8, 4) is 0 Å². The topological polar surface area (TPSA) is 101 Å². The lowest BCUT2D eigenvalue weighted by atomic mass is 10.1. The molecule has 1 aromatic heterocycles. The molecule has 1 heterocycles. The molecule has 0 fully saturated rings. The first-order valence-electron chi connectivity index (χ1n) is 10.5. The molecule has 32 heavy (non-hydrogen) atoms. The van der Waals surface area contributed by atoms with Crippen LogP contribution in [0.3, 0.4) is 0 Å². The van der Waals surface area contributed by atoms with Crippen molar-refractivity contribution in [2.75, 3.05) is 11.9 Å². The normalized spacial score (nSPS) is 12.2. The fraction of sp³-hybridized carbons (Fsp3) is 0.333. The third-order valence-electron chi connectivity index (χ3n) is 4.98. The van der Waals surface area contributed by atoms with Gasteiger partial charge >= 0.3 is 0 Å². The Morgan fingerprint density at radius 2 is 1.78 bits per heavy atom. The lowest BCUT2D eigenvalue weighted by Crippen LogP contribution is -2.25. The molecule has 0 spiro atoms. The van der Waals surface area contributed by atoms with E-state index in [-0.39, 0.29) is 29.8 Å². The maximum atomic E-state index is 13.0. The van der Waals surface area contributed by atoms with Crippen LogP contribution >= 0.6 is 11.8 Å². The number of thioether (sulfide) groups is 1. The van der Waals surface area contributed by atoms with E-state index in [1.165, 1.54) is 16.3 Å². The summed E-state index contributed by atoms with van der Waals surface area (Å²) in [6.07, 6.45) is 0.416. The van der Waals surface area contributed by atoms with Crippen molar-refractivity contribution >= 4 is 40.0 Å². The van der Waals surface area contributed by atoms with E-state index >= 15 is 0 Å². The van der Waals surface area contributed by atoms with E-state index in [2.05, 4.69) is 10.3 Å². The molecule has 2 N–H and O–H groups in total. The van der Waals surface area contributed by atoms with Gasteiger partial charge in [-0.25, -0.2) is 4.98 Å². The number of aliphatic hydroxyl groups excluding tert-OH is 1. The Morgan fingerprint density at radius 3 is 2.44 bits per heavy atom. The molecule has 0 unspecified atom stereocenters. The number of carbonyl (C=O) groups is 2. The average molecular weight is 454 g/mol. The highest BCUT2D eigenvalue weighted by Crippen LogP contribution is 2.26. The molecule has 8 heteroatoms. The monoisotopic (exact) mass is 453 g/mol. The van der Waals surface area contributed by atoms with Crippen molar-refractivity contribution in [2.24, 2.45) is 5.92 Å². The third kappa shape index (κ3) is 5.44. The van der Waals surface area contributed by atoms with Gasteiger partial charge in [0.15, 0.2) is 10.9 Å². The number of fused-ring (bicyclic) bond motifs is 1. The molecule has 0 radical (unpaired) electrons. The van der Waals surface area contributed by atoms with Gasteiger partial charge in [-0.15, -0.1) is 0 Å². The SMILES string of the molecule is CC(C)C(=O)Nc1ccc(C(=O)[C@H](C)Sc2nc3ccccc3c(=O)n2CCCO)cc1. The number of carbonyl (C=O) groups excluding carboxylic acids is 2. The Balaban J connectivity index is 1.83. The molecular weight excluding hydrogens is 426 g/mol. The first-order chi connectivity index (χ1) is 15.3.